The number of amides is 1. The molecule has 6 nitrogen and oxygen atoms in total. The molecule has 0 aliphatic carbocycles. The fourth-order valence-corrected chi connectivity index (χ4v) is 3.91. The van der Waals surface area contributed by atoms with Crippen LogP contribution in [-0.4, -0.2) is 46.7 Å². The number of carbonyl (C=O) groups is 3. The van der Waals surface area contributed by atoms with E-state index in [2.05, 4.69) is 4.98 Å². The van der Waals surface area contributed by atoms with Gasteiger partial charge in [0.1, 0.15) is 5.69 Å². The second-order valence-corrected chi connectivity index (χ2v) is 8.16. The number of ketones is 1. The van der Waals surface area contributed by atoms with Crippen LogP contribution in [0, 0.1) is 19.8 Å². The molecule has 0 bridgehead atoms. The molecule has 0 aliphatic rings. The first kappa shape index (κ1) is 21.9. The third-order valence-corrected chi connectivity index (χ3v) is 5.42. The zero-order valence-corrected chi connectivity index (χ0v) is 18.1. The Balaban J connectivity index is 2.37. The van der Waals surface area contributed by atoms with Gasteiger partial charge < -0.3 is 14.6 Å². The summed E-state index contributed by atoms with van der Waals surface area (Å²) in [7, 11) is 0. The van der Waals surface area contributed by atoms with Gasteiger partial charge in [-0.15, -0.1) is 11.3 Å². The molecule has 1 amide bonds. The van der Waals surface area contributed by atoms with E-state index in [-0.39, 0.29) is 29.9 Å². The maximum Gasteiger partial charge on any atom is 0.355 e. The van der Waals surface area contributed by atoms with Gasteiger partial charge in [-0.25, -0.2) is 4.79 Å². The molecule has 0 saturated heterocycles. The maximum absolute atomic E-state index is 13.3. The Morgan fingerprint density at radius 2 is 1.89 bits per heavy atom. The van der Waals surface area contributed by atoms with Crippen molar-refractivity contribution < 1.29 is 19.1 Å². The summed E-state index contributed by atoms with van der Waals surface area (Å²) in [5, 5.41) is 1.85. The van der Waals surface area contributed by atoms with Crippen LogP contribution in [0.25, 0.3) is 0 Å². The third-order valence-electron chi connectivity index (χ3n) is 4.57. The highest BCUT2D eigenvalue weighted by atomic mass is 32.1. The summed E-state index contributed by atoms with van der Waals surface area (Å²) in [6, 6.07) is 2.94. The first-order valence-electron chi connectivity index (χ1n) is 9.43. The van der Waals surface area contributed by atoms with E-state index in [1.807, 2.05) is 25.3 Å². The number of hydrogen-bond acceptors (Lipinski definition) is 5. The van der Waals surface area contributed by atoms with Gasteiger partial charge in [0.05, 0.1) is 17.5 Å². The van der Waals surface area contributed by atoms with Gasteiger partial charge in [-0.3, -0.25) is 9.59 Å². The average molecular weight is 405 g/mol. The van der Waals surface area contributed by atoms with E-state index in [9.17, 15) is 14.4 Å². The van der Waals surface area contributed by atoms with Crippen LogP contribution >= 0.6 is 11.3 Å². The normalized spacial score (nSPS) is 12.1. The van der Waals surface area contributed by atoms with Crippen molar-refractivity contribution >= 4 is 29.0 Å². The number of aromatic amines is 1. The molecule has 0 radical (unpaired) electrons. The lowest BCUT2D eigenvalue weighted by Gasteiger charge is -2.29. The standard InChI is InChI=1S/C21H28N2O4S/c1-7-27-21(26)18-13(4)17(14(5)22-18)19(24)15(6)23(11-12(2)3)20(25)16-9-8-10-28-16/h8-10,12,15,22H,7,11H2,1-6H3/t15-/m0/s1. The molecule has 0 aliphatic heterocycles. The quantitative estimate of drug-likeness (QED) is 0.527. The van der Waals surface area contributed by atoms with Crippen LogP contribution < -0.4 is 0 Å². The van der Waals surface area contributed by atoms with Crippen molar-refractivity contribution in [3.8, 4) is 0 Å². The van der Waals surface area contributed by atoms with Crippen molar-refractivity contribution in [2.45, 2.75) is 47.6 Å². The number of aromatic nitrogens is 1. The Hall–Kier alpha value is -2.41. The predicted octanol–water partition coefficient (Wildman–Crippen LogP) is 4.24. The summed E-state index contributed by atoms with van der Waals surface area (Å²) < 4.78 is 5.06. The molecule has 28 heavy (non-hydrogen) atoms. The van der Waals surface area contributed by atoms with Gasteiger partial charge in [0.25, 0.3) is 5.91 Å². The van der Waals surface area contributed by atoms with Gasteiger partial charge in [0.15, 0.2) is 5.78 Å². The Morgan fingerprint density at radius 3 is 2.43 bits per heavy atom. The van der Waals surface area contributed by atoms with Gasteiger partial charge in [-0.2, -0.15) is 0 Å². The van der Waals surface area contributed by atoms with Gasteiger partial charge in [-0.1, -0.05) is 19.9 Å². The number of thiophene rings is 1. The number of H-pyrrole nitrogens is 1. The molecule has 0 saturated carbocycles. The van der Waals surface area contributed by atoms with E-state index in [1.165, 1.54) is 11.3 Å². The number of esters is 1. The van der Waals surface area contributed by atoms with Crippen LogP contribution in [0.4, 0.5) is 0 Å². The average Bonchev–Trinajstić information content (AvgIpc) is 3.26. The SMILES string of the molecule is CCOC(=O)c1[nH]c(C)c(C(=O)[C@H](C)N(CC(C)C)C(=O)c2cccs2)c1C. The molecular weight excluding hydrogens is 376 g/mol. The highest BCUT2D eigenvalue weighted by Crippen LogP contribution is 2.24. The monoisotopic (exact) mass is 404 g/mol. The number of Topliss-reactive ketones (excluding diaryl/α,β-unsaturated/α-hetero) is 1. The number of rotatable bonds is 8. The third kappa shape index (κ3) is 4.52. The van der Waals surface area contributed by atoms with E-state index in [1.54, 1.807) is 38.7 Å². The molecule has 1 N–H and O–H groups in total. The van der Waals surface area contributed by atoms with E-state index in [4.69, 9.17) is 4.74 Å². The van der Waals surface area contributed by atoms with E-state index in [0.29, 0.717) is 28.2 Å². The number of aryl methyl sites for hydroxylation is 1. The molecule has 7 heteroatoms. The van der Waals surface area contributed by atoms with Gasteiger partial charge >= 0.3 is 5.97 Å². The molecule has 0 aromatic carbocycles. The Morgan fingerprint density at radius 1 is 1.21 bits per heavy atom. The van der Waals surface area contributed by atoms with Gasteiger partial charge in [-0.05, 0) is 50.6 Å². The minimum Gasteiger partial charge on any atom is -0.461 e. The fourth-order valence-electron chi connectivity index (χ4n) is 3.23. The lowest BCUT2D eigenvalue weighted by Crippen LogP contribution is -2.45. The molecular formula is C21H28N2O4S. The van der Waals surface area contributed by atoms with Crippen molar-refractivity contribution in [2.24, 2.45) is 5.92 Å². The number of hydrogen-bond donors (Lipinski definition) is 1. The lowest BCUT2D eigenvalue weighted by atomic mass is 9.99. The summed E-state index contributed by atoms with van der Waals surface area (Å²) in [4.78, 5) is 43.6. The number of nitrogens with zero attached hydrogens (tertiary/aromatic N) is 1. The second kappa shape index (κ2) is 9.19. The summed E-state index contributed by atoms with van der Waals surface area (Å²) >= 11 is 1.36. The van der Waals surface area contributed by atoms with Crippen LogP contribution in [0.15, 0.2) is 17.5 Å². The number of ether oxygens (including phenoxy) is 1. The highest BCUT2D eigenvalue weighted by molar-refractivity contribution is 7.12. The first-order valence-corrected chi connectivity index (χ1v) is 10.3. The van der Waals surface area contributed by atoms with Gasteiger partial charge in [0.2, 0.25) is 0 Å². The Kier molecular flexibility index (Phi) is 7.18. The second-order valence-electron chi connectivity index (χ2n) is 7.21. The maximum atomic E-state index is 13.3. The van der Waals surface area contributed by atoms with Crippen LogP contribution in [0.1, 0.15) is 69.5 Å². The zero-order chi connectivity index (χ0) is 21.0. The summed E-state index contributed by atoms with van der Waals surface area (Å²) in [5.74, 6) is -0.612. The first-order chi connectivity index (χ1) is 13.2. The van der Waals surface area contributed by atoms with Crippen molar-refractivity contribution in [3.63, 3.8) is 0 Å². The smallest absolute Gasteiger partial charge is 0.355 e. The molecule has 1 atom stereocenters. The molecule has 0 unspecified atom stereocenters. The Bertz CT molecular complexity index is 852. The molecule has 0 fully saturated rings. The fraction of sp³-hybridized carbons (Fsp3) is 0.476. The minimum atomic E-state index is -0.653. The van der Waals surface area contributed by atoms with Crippen molar-refractivity contribution in [1.29, 1.82) is 0 Å². The van der Waals surface area contributed by atoms with Crippen LogP contribution in [-0.2, 0) is 4.74 Å². The predicted molar refractivity (Wildman–Crippen MR) is 110 cm³/mol. The van der Waals surface area contributed by atoms with Crippen LogP contribution in [0.5, 0.6) is 0 Å². The van der Waals surface area contributed by atoms with E-state index < -0.39 is 12.0 Å². The molecule has 2 aromatic heterocycles. The molecule has 2 aromatic rings. The highest BCUT2D eigenvalue weighted by Gasteiger charge is 2.32. The molecule has 152 valence electrons. The molecule has 2 rings (SSSR count). The van der Waals surface area contributed by atoms with E-state index in [0.717, 1.165) is 0 Å². The van der Waals surface area contributed by atoms with Crippen LogP contribution in [0.3, 0.4) is 0 Å². The van der Waals surface area contributed by atoms with Crippen LogP contribution in [0.2, 0.25) is 0 Å². The summed E-state index contributed by atoms with van der Waals surface area (Å²) in [6.07, 6.45) is 0. The van der Waals surface area contributed by atoms with Crippen molar-refractivity contribution in [2.75, 3.05) is 13.2 Å². The largest absolute Gasteiger partial charge is 0.461 e. The number of nitrogens with one attached hydrogen (secondary N) is 1. The summed E-state index contributed by atoms with van der Waals surface area (Å²) in [5.41, 5.74) is 1.89. The number of carbonyl (C=O) groups excluding carboxylic acids is 3. The van der Waals surface area contributed by atoms with Gasteiger partial charge in [0, 0.05) is 17.8 Å². The van der Waals surface area contributed by atoms with E-state index >= 15 is 0 Å². The van der Waals surface area contributed by atoms with Crippen molar-refractivity contribution in [1.82, 2.24) is 9.88 Å². The minimum absolute atomic E-state index is 0.152. The molecule has 2 heterocycles. The Labute approximate surface area is 169 Å². The topological polar surface area (TPSA) is 79.5 Å². The van der Waals surface area contributed by atoms with Crippen molar-refractivity contribution in [3.05, 3.63) is 44.9 Å². The lowest BCUT2D eigenvalue weighted by molar-refractivity contribution is 0.0518. The zero-order valence-electron chi connectivity index (χ0n) is 17.3. The molecule has 0 spiro atoms. The summed E-state index contributed by atoms with van der Waals surface area (Å²) in [6.45, 7) is 11.7.